The highest BCUT2D eigenvalue weighted by Crippen LogP contribution is 2.24. The summed E-state index contributed by atoms with van der Waals surface area (Å²) in [6.45, 7) is 3.68. The molecule has 0 aliphatic carbocycles. The zero-order valence-electron chi connectivity index (χ0n) is 16.1. The van der Waals surface area contributed by atoms with Gasteiger partial charge in [0.15, 0.2) is 0 Å². The van der Waals surface area contributed by atoms with Gasteiger partial charge in [0.05, 0.1) is 7.11 Å². The number of amides is 2. The molecule has 0 spiro atoms. The Bertz CT molecular complexity index is 858. The van der Waals surface area contributed by atoms with Crippen LogP contribution in [0.4, 0.5) is 11.4 Å². The molecule has 0 bridgehead atoms. The second-order valence-electron chi connectivity index (χ2n) is 7.18. The lowest BCUT2D eigenvalue weighted by atomic mass is 10.1. The molecule has 0 N–H and O–H groups in total. The number of carbonyl (C=O) groups excluding carboxylic acids is 2. The summed E-state index contributed by atoms with van der Waals surface area (Å²) >= 11 is 0. The maximum absolute atomic E-state index is 13.0. The zero-order chi connectivity index (χ0) is 19.5. The van der Waals surface area contributed by atoms with Crippen molar-refractivity contribution in [2.45, 2.75) is 12.8 Å². The Morgan fingerprint density at radius 1 is 0.929 bits per heavy atom. The van der Waals surface area contributed by atoms with E-state index in [1.54, 1.807) is 12.0 Å². The first-order valence-electron chi connectivity index (χ1n) is 9.74. The molecular formula is C22H25N3O3. The van der Waals surface area contributed by atoms with E-state index in [1.807, 2.05) is 53.4 Å². The second kappa shape index (κ2) is 7.92. The van der Waals surface area contributed by atoms with Gasteiger partial charge in [0.1, 0.15) is 5.75 Å². The van der Waals surface area contributed by atoms with Gasteiger partial charge in [-0.3, -0.25) is 9.59 Å². The fourth-order valence-electron chi connectivity index (χ4n) is 3.87. The van der Waals surface area contributed by atoms with Gasteiger partial charge in [-0.25, -0.2) is 0 Å². The molecule has 0 unspecified atom stereocenters. The Kier molecular flexibility index (Phi) is 5.19. The summed E-state index contributed by atoms with van der Waals surface area (Å²) in [5.74, 6) is 1.01. The van der Waals surface area contributed by atoms with Crippen LogP contribution in [0.25, 0.3) is 0 Å². The molecule has 2 saturated heterocycles. The van der Waals surface area contributed by atoms with Crippen molar-refractivity contribution in [3.63, 3.8) is 0 Å². The summed E-state index contributed by atoms with van der Waals surface area (Å²) in [5.41, 5.74) is 2.61. The van der Waals surface area contributed by atoms with Crippen LogP contribution in [0.1, 0.15) is 23.2 Å². The maximum atomic E-state index is 13.0. The Labute approximate surface area is 165 Å². The first-order valence-corrected chi connectivity index (χ1v) is 9.74. The van der Waals surface area contributed by atoms with E-state index >= 15 is 0 Å². The van der Waals surface area contributed by atoms with E-state index in [1.165, 1.54) is 0 Å². The molecule has 0 saturated carbocycles. The van der Waals surface area contributed by atoms with Gasteiger partial charge in [-0.1, -0.05) is 6.07 Å². The summed E-state index contributed by atoms with van der Waals surface area (Å²) in [4.78, 5) is 30.9. The molecule has 2 fully saturated rings. The van der Waals surface area contributed by atoms with Gasteiger partial charge in [-0.2, -0.15) is 0 Å². The molecule has 0 radical (unpaired) electrons. The highest BCUT2D eigenvalue weighted by molar-refractivity contribution is 5.99. The average Bonchev–Trinajstić information content (AvgIpc) is 3.19. The average molecular weight is 379 g/mol. The van der Waals surface area contributed by atoms with Crippen molar-refractivity contribution in [1.29, 1.82) is 0 Å². The lowest BCUT2D eigenvalue weighted by Gasteiger charge is -2.36. The van der Waals surface area contributed by atoms with E-state index in [9.17, 15) is 9.59 Å². The number of rotatable bonds is 4. The fraction of sp³-hybridized carbons (Fsp3) is 0.364. The first-order chi connectivity index (χ1) is 13.7. The minimum Gasteiger partial charge on any atom is -0.497 e. The fourth-order valence-corrected chi connectivity index (χ4v) is 3.87. The molecule has 6 heteroatoms. The quantitative estimate of drug-likeness (QED) is 0.820. The van der Waals surface area contributed by atoms with Crippen LogP contribution in [0.3, 0.4) is 0 Å². The van der Waals surface area contributed by atoms with Crippen molar-refractivity contribution in [1.82, 2.24) is 4.90 Å². The Balaban J connectivity index is 1.40. The summed E-state index contributed by atoms with van der Waals surface area (Å²) in [7, 11) is 1.66. The number of nitrogens with zero attached hydrogens (tertiary/aromatic N) is 3. The van der Waals surface area contributed by atoms with Crippen molar-refractivity contribution >= 4 is 23.2 Å². The van der Waals surface area contributed by atoms with Crippen LogP contribution in [0, 0.1) is 0 Å². The van der Waals surface area contributed by atoms with Gasteiger partial charge in [0.25, 0.3) is 5.91 Å². The highest BCUT2D eigenvalue weighted by Gasteiger charge is 2.25. The topological polar surface area (TPSA) is 53.1 Å². The second-order valence-corrected chi connectivity index (χ2v) is 7.18. The lowest BCUT2D eigenvalue weighted by Crippen LogP contribution is -2.48. The molecule has 6 nitrogen and oxygen atoms in total. The van der Waals surface area contributed by atoms with Crippen molar-refractivity contribution in [3.05, 3.63) is 54.1 Å². The Morgan fingerprint density at radius 3 is 2.32 bits per heavy atom. The molecule has 28 heavy (non-hydrogen) atoms. The molecule has 2 heterocycles. The monoisotopic (exact) mass is 379 g/mol. The predicted molar refractivity (Wildman–Crippen MR) is 109 cm³/mol. The Hall–Kier alpha value is -3.02. The number of carbonyl (C=O) groups is 2. The lowest BCUT2D eigenvalue weighted by molar-refractivity contribution is -0.117. The van der Waals surface area contributed by atoms with E-state index in [-0.39, 0.29) is 11.8 Å². The number of anilines is 2. The molecule has 2 amide bonds. The molecule has 2 aromatic rings. The number of piperazine rings is 1. The first kappa shape index (κ1) is 18.3. The largest absolute Gasteiger partial charge is 0.497 e. The molecule has 146 valence electrons. The summed E-state index contributed by atoms with van der Waals surface area (Å²) in [5, 5.41) is 0. The van der Waals surface area contributed by atoms with Gasteiger partial charge < -0.3 is 19.4 Å². The van der Waals surface area contributed by atoms with E-state index in [0.29, 0.717) is 25.1 Å². The maximum Gasteiger partial charge on any atom is 0.254 e. The van der Waals surface area contributed by atoms with E-state index in [4.69, 9.17) is 4.74 Å². The van der Waals surface area contributed by atoms with Gasteiger partial charge in [0.2, 0.25) is 5.91 Å². The van der Waals surface area contributed by atoms with Gasteiger partial charge >= 0.3 is 0 Å². The third kappa shape index (κ3) is 3.67. The van der Waals surface area contributed by atoms with Crippen LogP contribution < -0.4 is 14.5 Å². The minimum absolute atomic E-state index is 0.0304. The molecular weight excluding hydrogens is 354 g/mol. The van der Waals surface area contributed by atoms with Crippen LogP contribution in [0.5, 0.6) is 5.75 Å². The number of hydrogen-bond acceptors (Lipinski definition) is 4. The zero-order valence-corrected chi connectivity index (χ0v) is 16.1. The van der Waals surface area contributed by atoms with Gasteiger partial charge in [-0.15, -0.1) is 0 Å². The van der Waals surface area contributed by atoms with Crippen molar-refractivity contribution in [2.75, 3.05) is 49.6 Å². The van der Waals surface area contributed by atoms with Crippen LogP contribution in [-0.2, 0) is 4.79 Å². The van der Waals surface area contributed by atoms with Crippen molar-refractivity contribution < 1.29 is 14.3 Å². The molecule has 0 atom stereocenters. The van der Waals surface area contributed by atoms with E-state index in [0.717, 1.165) is 43.2 Å². The Morgan fingerprint density at radius 2 is 1.68 bits per heavy atom. The van der Waals surface area contributed by atoms with Crippen LogP contribution >= 0.6 is 0 Å². The predicted octanol–water partition coefficient (Wildman–Crippen LogP) is 2.78. The molecule has 0 aromatic heterocycles. The third-order valence-corrected chi connectivity index (χ3v) is 5.48. The number of methoxy groups -OCH3 is 1. The number of benzene rings is 2. The summed E-state index contributed by atoms with van der Waals surface area (Å²) in [6, 6.07) is 15.5. The normalized spacial score (nSPS) is 17.2. The SMILES string of the molecule is COc1ccc(N2CCN(C(=O)c3cccc(N4CCCC4=O)c3)CC2)cc1. The molecule has 2 aromatic carbocycles. The van der Waals surface area contributed by atoms with Crippen molar-refractivity contribution in [2.24, 2.45) is 0 Å². The van der Waals surface area contributed by atoms with Crippen molar-refractivity contribution in [3.8, 4) is 5.75 Å². The van der Waals surface area contributed by atoms with Crippen LogP contribution in [0.15, 0.2) is 48.5 Å². The molecule has 2 aliphatic rings. The van der Waals surface area contributed by atoms with Crippen LogP contribution in [-0.4, -0.2) is 56.5 Å². The number of hydrogen-bond donors (Lipinski definition) is 0. The smallest absolute Gasteiger partial charge is 0.254 e. The molecule has 2 aliphatic heterocycles. The summed E-state index contributed by atoms with van der Waals surface area (Å²) < 4.78 is 5.21. The minimum atomic E-state index is 0.0304. The van der Waals surface area contributed by atoms with Gasteiger partial charge in [-0.05, 0) is 48.9 Å². The van der Waals surface area contributed by atoms with E-state index in [2.05, 4.69) is 4.90 Å². The standard InChI is InChI=1S/C22H25N3O3/c1-28-20-9-7-18(8-10-20)23-12-14-24(15-13-23)22(27)17-4-2-5-19(16-17)25-11-3-6-21(25)26/h2,4-5,7-10,16H,3,6,11-15H2,1H3. The van der Waals surface area contributed by atoms with Crippen LogP contribution in [0.2, 0.25) is 0 Å². The third-order valence-electron chi connectivity index (χ3n) is 5.48. The van der Waals surface area contributed by atoms with Gasteiger partial charge in [0, 0.05) is 56.1 Å². The number of ether oxygens (including phenoxy) is 1. The summed E-state index contributed by atoms with van der Waals surface area (Å²) in [6.07, 6.45) is 1.47. The van der Waals surface area contributed by atoms with E-state index < -0.39 is 0 Å². The molecule has 4 rings (SSSR count). The highest BCUT2D eigenvalue weighted by atomic mass is 16.5.